The third-order valence-electron chi connectivity index (χ3n) is 13.1. The summed E-state index contributed by atoms with van der Waals surface area (Å²) in [7, 11) is 0. The minimum Gasteiger partial charge on any atom is -0.395 e. The van der Waals surface area contributed by atoms with Crippen LogP contribution in [0.3, 0.4) is 0 Å². The van der Waals surface area contributed by atoms with E-state index in [1.807, 2.05) is 11.8 Å². The summed E-state index contributed by atoms with van der Waals surface area (Å²) in [6.45, 7) is -1.11. The predicted molar refractivity (Wildman–Crippen MR) is 304 cm³/mol. The highest BCUT2D eigenvalue weighted by atomic mass is 16.5. The van der Waals surface area contributed by atoms with E-state index in [9.17, 15) is 86.8 Å². The summed E-state index contributed by atoms with van der Waals surface area (Å²) in [5.41, 5.74) is -2.68. The molecule has 0 spiro atoms. The summed E-state index contributed by atoms with van der Waals surface area (Å²) in [5, 5.41) is 173. The molecule has 6 unspecified atom stereocenters. The quantitative estimate of drug-likeness (QED) is 0.0269. The van der Waals surface area contributed by atoms with Crippen molar-refractivity contribution < 1.29 is 120 Å². The van der Waals surface area contributed by atoms with Crippen molar-refractivity contribution >= 4 is 0 Å². The van der Waals surface area contributed by atoms with Gasteiger partial charge in [0.15, 0.2) is 0 Å². The summed E-state index contributed by atoms with van der Waals surface area (Å²) in [4.78, 5) is 10.1. The summed E-state index contributed by atoms with van der Waals surface area (Å²) >= 11 is 0. The fourth-order valence-electron chi connectivity index (χ4n) is 9.20. The van der Waals surface area contributed by atoms with Crippen LogP contribution in [0.15, 0.2) is 0 Å². The first-order valence-corrected chi connectivity index (χ1v) is 29.2. The zero-order valence-electron chi connectivity index (χ0n) is 49.7. The number of ether oxygens (including phenoxy) is 7. The molecule has 6 atom stereocenters. The second-order valence-corrected chi connectivity index (χ2v) is 21.3. The van der Waals surface area contributed by atoms with Gasteiger partial charge in [0.25, 0.3) is 0 Å². The Morgan fingerprint density at radius 3 is 0.530 bits per heavy atom. The van der Waals surface area contributed by atoms with Crippen molar-refractivity contribution in [3.63, 3.8) is 0 Å². The highest BCUT2D eigenvalue weighted by Gasteiger charge is 2.38. The first kappa shape index (κ1) is 81.8. The van der Waals surface area contributed by atoms with Crippen LogP contribution in [0.4, 0.5) is 0 Å². The normalized spacial score (nSPS) is 16.2. The van der Waals surface area contributed by atoms with Gasteiger partial charge >= 0.3 is 0 Å². The minimum atomic E-state index is -1.35. The molecule has 0 amide bonds. The number of hydrogen-bond donors (Lipinski definition) is 17. The first-order chi connectivity index (χ1) is 40.0. The molecule has 0 radical (unpaired) electrons. The van der Waals surface area contributed by atoms with Crippen LogP contribution in [-0.4, -0.2) is 436 Å². The zero-order chi connectivity index (χ0) is 62.0. The van der Waals surface area contributed by atoms with Crippen molar-refractivity contribution in [2.24, 2.45) is 10.8 Å². The molecule has 0 fully saturated rings. The third kappa shape index (κ3) is 42.4. The Balaban J connectivity index is 7.59. The maximum Gasteiger partial charge on any atom is 0.0900 e. The maximum absolute atomic E-state index is 11.2. The van der Waals surface area contributed by atoms with E-state index in [4.69, 9.17) is 33.2 Å². The van der Waals surface area contributed by atoms with Crippen molar-refractivity contribution in [1.29, 1.82) is 0 Å². The van der Waals surface area contributed by atoms with Gasteiger partial charge in [-0.25, -0.2) is 0 Å². The van der Waals surface area contributed by atoms with Crippen LogP contribution in [0, 0.1) is 10.8 Å². The smallest absolute Gasteiger partial charge is 0.0900 e. The number of rotatable bonds is 64. The van der Waals surface area contributed by atoms with E-state index in [0.29, 0.717) is 13.1 Å². The van der Waals surface area contributed by atoms with E-state index in [2.05, 4.69) is 0 Å². The lowest BCUT2D eigenvalue weighted by Crippen LogP contribution is -2.48. The molecule has 0 bridgehead atoms. The Hall–Kier alpha value is -1.20. The molecule has 0 aliphatic heterocycles. The lowest BCUT2D eigenvalue weighted by Gasteiger charge is -2.38. The van der Waals surface area contributed by atoms with Crippen LogP contribution in [-0.2, 0) is 33.2 Å². The molecule has 0 aromatic carbocycles. The third-order valence-corrected chi connectivity index (χ3v) is 13.1. The van der Waals surface area contributed by atoms with E-state index in [0.717, 1.165) is 6.42 Å². The van der Waals surface area contributed by atoms with Gasteiger partial charge < -0.3 is 120 Å². The van der Waals surface area contributed by atoms with E-state index in [1.54, 1.807) is 24.5 Å². The molecule has 0 aliphatic rings. The predicted octanol–water partition coefficient (Wildman–Crippen LogP) is -9.62. The number of nitrogens with zero attached hydrogens (tertiary/aromatic N) is 6. The molecule has 0 aromatic heterocycles. The number of aliphatic hydroxyl groups excluding tert-OH is 17. The fourth-order valence-corrected chi connectivity index (χ4v) is 9.20. The van der Waals surface area contributed by atoms with Gasteiger partial charge in [-0.2, -0.15) is 0 Å². The summed E-state index contributed by atoms with van der Waals surface area (Å²) in [6.07, 6.45) is -5.87. The van der Waals surface area contributed by atoms with Gasteiger partial charge in [0, 0.05) is 111 Å². The Labute approximate surface area is 492 Å². The molecular weight excluding hydrogens is 1100 g/mol. The van der Waals surface area contributed by atoms with Gasteiger partial charge in [0.1, 0.15) is 0 Å². The lowest BCUT2D eigenvalue weighted by molar-refractivity contribution is -0.158. The van der Waals surface area contributed by atoms with E-state index in [1.165, 1.54) is 0 Å². The van der Waals surface area contributed by atoms with Gasteiger partial charge in [0.2, 0.25) is 0 Å². The average molecular weight is 1220 g/mol. The van der Waals surface area contributed by atoms with E-state index in [-0.39, 0.29) is 270 Å². The highest BCUT2D eigenvalue weighted by molar-refractivity contribution is 4.85. The van der Waals surface area contributed by atoms with E-state index < -0.39 is 47.5 Å². The van der Waals surface area contributed by atoms with Crippen LogP contribution in [0.2, 0.25) is 0 Å². The minimum absolute atomic E-state index is 0.0207. The van der Waals surface area contributed by atoms with Crippen LogP contribution >= 0.6 is 0 Å². The van der Waals surface area contributed by atoms with Crippen LogP contribution < -0.4 is 0 Å². The Bertz CT molecular complexity index is 1130. The van der Waals surface area contributed by atoms with Gasteiger partial charge in [-0.05, 0) is 13.0 Å². The molecule has 0 rings (SSSR count). The summed E-state index contributed by atoms with van der Waals surface area (Å²) in [6, 6.07) is 0. The van der Waals surface area contributed by atoms with E-state index >= 15 is 0 Å². The first-order valence-electron chi connectivity index (χ1n) is 29.2. The molecule has 0 aliphatic carbocycles. The van der Waals surface area contributed by atoms with Gasteiger partial charge in [-0.15, -0.1) is 0 Å². The molecule has 83 heavy (non-hydrogen) atoms. The molecule has 0 saturated heterocycles. The Morgan fingerprint density at radius 2 is 0.386 bits per heavy atom. The topological polar surface area (TPSA) is 428 Å². The van der Waals surface area contributed by atoms with Crippen molar-refractivity contribution in [3.8, 4) is 0 Å². The molecule has 30 heteroatoms. The fraction of sp³-hybridized carbons (Fsp3) is 1.00. The lowest BCUT2D eigenvalue weighted by atomic mass is 9.90. The molecule has 500 valence electrons. The summed E-state index contributed by atoms with van der Waals surface area (Å²) < 4.78 is 44.0. The monoisotopic (exact) mass is 1220 g/mol. The van der Waals surface area contributed by atoms with Gasteiger partial charge in [-0.3, -0.25) is 29.4 Å². The summed E-state index contributed by atoms with van der Waals surface area (Å²) in [5.74, 6) is 0. The van der Waals surface area contributed by atoms with Crippen molar-refractivity contribution in [1.82, 2.24) is 29.4 Å². The molecule has 17 N–H and O–H groups in total. The molecule has 0 saturated carbocycles. The average Bonchev–Trinajstić information content (AvgIpc) is 3.43. The van der Waals surface area contributed by atoms with Gasteiger partial charge in [0.05, 0.1) is 213 Å². The standard InChI is InChI=1S/C53H114N6O24/c1-2-3-54(4-15-60)26-46(71)32-77-38-52(39-78-33-47(72)27-55(5-16-61)6-17-62,40-79-34-48(73)28-56(7-18-63)8-19-64)44-83-45-53(41-80-35-49(74)29-57(9-20-65)10-21-66,42-81-36-50(75)30-58(11-22-67)12-23-68)43-82-37-51(76)31-59(13-24-69)14-25-70/h46-51,60-76H,2-45H2,1H3. The highest BCUT2D eigenvalue weighted by Crippen LogP contribution is 2.26. The van der Waals surface area contributed by atoms with Crippen LogP contribution in [0.5, 0.6) is 0 Å². The molecule has 30 nitrogen and oxygen atoms in total. The Kier molecular flexibility index (Phi) is 53.0. The molecule has 0 aromatic rings. The number of hydrogen-bond acceptors (Lipinski definition) is 30. The van der Waals surface area contributed by atoms with Crippen LogP contribution in [0.25, 0.3) is 0 Å². The second kappa shape index (κ2) is 53.8. The molecule has 0 heterocycles. The second-order valence-electron chi connectivity index (χ2n) is 21.3. The molecular formula is C53H114N6O24. The maximum atomic E-state index is 11.2. The van der Waals surface area contributed by atoms with Crippen molar-refractivity contribution in [3.05, 3.63) is 0 Å². The van der Waals surface area contributed by atoms with Crippen molar-refractivity contribution in [2.75, 3.05) is 283 Å². The largest absolute Gasteiger partial charge is 0.395 e. The van der Waals surface area contributed by atoms with Gasteiger partial charge in [-0.1, -0.05) is 6.92 Å². The van der Waals surface area contributed by atoms with Crippen molar-refractivity contribution in [2.45, 2.75) is 50.0 Å². The zero-order valence-corrected chi connectivity index (χ0v) is 49.7. The Morgan fingerprint density at radius 1 is 0.241 bits per heavy atom. The number of aliphatic hydroxyl groups is 17. The SMILES string of the molecule is CCCN(CCO)CC(O)COCC(COCC(O)CN(CCO)CCO)(COCC(O)CN(CCO)CCO)COCC(COCC(O)CN(CCO)CCO)(COCC(O)CN(CCO)CCO)COCC(O)CN(CCO)CCO. The van der Waals surface area contributed by atoms with Crippen LogP contribution in [0.1, 0.15) is 13.3 Å².